The highest BCUT2D eigenvalue weighted by atomic mass is 16.6. The lowest BCUT2D eigenvalue weighted by atomic mass is 9.85. The molecular formula is C17H31NO4. The molecule has 0 aliphatic rings. The van der Waals surface area contributed by atoms with Gasteiger partial charge in [-0.15, -0.1) is 6.58 Å². The van der Waals surface area contributed by atoms with Crippen LogP contribution in [0.25, 0.3) is 0 Å². The molecule has 0 aliphatic carbocycles. The first-order valence-electron chi connectivity index (χ1n) is 7.93. The van der Waals surface area contributed by atoms with E-state index in [1.54, 1.807) is 20.8 Å². The van der Waals surface area contributed by atoms with Crippen LogP contribution in [0.3, 0.4) is 0 Å². The second kappa shape index (κ2) is 9.49. The average molecular weight is 313 g/mol. The lowest BCUT2D eigenvalue weighted by molar-refractivity contribution is -0.141. The van der Waals surface area contributed by atoms with E-state index in [0.29, 0.717) is 12.3 Å². The number of carbonyl (C=O) groups excluding carboxylic acids is 1. The Hall–Kier alpha value is -1.52. The van der Waals surface area contributed by atoms with Crippen LogP contribution in [0.15, 0.2) is 12.7 Å². The summed E-state index contributed by atoms with van der Waals surface area (Å²) in [7, 11) is 0. The van der Waals surface area contributed by atoms with Gasteiger partial charge in [-0.2, -0.15) is 0 Å². The molecular weight excluding hydrogens is 282 g/mol. The van der Waals surface area contributed by atoms with Gasteiger partial charge in [0.1, 0.15) is 11.6 Å². The van der Waals surface area contributed by atoms with Gasteiger partial charge in [0.05, 0.1) is 0 Å². The number of rotatable bonds is 9. The Bertz CT molecular complexity index is 373. The molecule has 0 bridgehead atoms. The summed E-state index contributed by atoms with van der Waals surface area (Å²) < 4.78 is 5.16. The van der Waals surface area contributed by atoms with E-state index in [1.165, 1.54) is 0 Å². The fraction of sp³-hybridized carbons (Fsp3) is 0.765. The fourth-order valence-electron chi connectivity index (χ4n) is 2.39. The maximum absolute atomic E-state index is 11.8. The fourth-order valence-corrected chi connectivity index (χ4v) is 2.39. The van der Waals surface area contributed by atoms with Crippen molar-refractivity contribution in [1.82, 2.24) is 5.32 Å². The molecule has 0 fully saturated rings. The highest BCUT2D eigenvalue weighted by molar-refractivity contribution is 5.80. The largest absolute Gasteiger partial charge is 0.480 e. The van der Waals surface area contributed by atoms with Gasteiger partial charge in [0, 0.05) is 0 Å². The minimum atomic E-state index is -1.02. The summed E-state index contributed by atoms with van der Waals surface area (Å²) in [4.78, 5) is 23.4. The van der Waals surface area contributed by atoms with Crippen LogP contribution < -0.4 is 5.32 Å². The standard InChI is InChI=1S/C17H31NO4/c1-7-9-10-12(3)11-13(8-2)14(15(19)20)18-16(21)22-17(4,5)6/h7,12-14H,1,8-11H2,2-6H3,(H,18,21)(H,19,20)/t12?,13-,14+/m1/s1. The second-order valence-corrected chi connectivity index (χ2v) is 6.84. The van der Waals surface area contributed by atoms with E-state index in [1.807, 2.05) is 13.0 Å². The molecule has 3 atom stereocenters. The van der Waals surface area contributed by atoms with Crippen molar-refractivity contribution in [3.63, 3.8) is 0 Å². The van der Waals surface area contributed by atoms with Crippen molar-refractivity contribution in [2.45, 2.75) is 71.9 Å². The zero-order valence-electron chi connectivity index (χ0n) is 14.5. The molecule has 0 heterocycles. The third-order valence-corrected chi connectivity index (χ3v) is 3.50. The predicted octanol–water partition coefficient (Wildman–Crippen LogP) is 3.98. The lowest BCUT2D eigenvalue weighted by Crippen LogP contribution is -2.48. The molecule has 1 amide bonds. The third-order valence-electron chi connectivity index (χ3n) is 3.50. The maximum atomic E-state index is 11.8. The topological polar surface area (TPSA) is 75.6 Å². The first-order chi connectivity index (χ1) is 10.1. The summed E-state index contributed by atoms with van der Waals surface area (Å²) in [6.45, 7) is 13.0. The van der Waals surface area contributed by atoms with Crippen LogP contribution in [0.2, 0.25) is 0 Å². The summed E-state index contributed by atoms with van der Waals surface area (Å²) in [6, 6.07) is -0.925. The summed E-state index contributed by atoms with van der Waals surface area (Å²) in [5, 5.41) is 11.9. The molecule has 2 N–H and O–H groups in total. The Labute approximate surface area is 134 Å². The molecule has 22 heavy (non-hydrogen) atoms. The third kappa shape index (κ3) is 8.70. The summed E-state index contributed by atoms with van der Waals surface area (Å²) in [5.41, 5.74) is -0.647. The number of allylic oxidation sites excluding steroid dienone is 1. The van der Waals surface area contributed by atoms with Crippen LogP contribution in [0.5, 0.6) is 0 Å². The minimum absolute atomic E-state index is 0.121. The van der Waals surface area contributed by atoms with Crippen LogP contribution in [-0.4, -0.2) is 28.8 Å². The summed E-state index contributed by atoms with van der Waals surface area (Å²) >= 11 is 0. The van der Waals surface area contributed by atoms with Crippen LogP contribution in [0.1, 0.15) is 60.3 Å². The van der Waals surface area contributed by atoms with Crippen molar-refractivity contribution in [3.8, 4) is 0 Å². The Morgan fingerprint density at radius 1 is 1.36 bits per heavy atom. The van der Waals surface area contributed by atoms with Crippen molar-refractivity contribution in [3.05, 3.63) is 12.7 Å². The van der Waals surface area contributed by atoms with Gasteiger partial charge in [0.15, 0.2) is 0 Å². The normalized spacial score (nSPS) is 15.5. The van der Waals surface area contributed by atoms with Crippen molar-refractivity contribution in [2.75, 3.05) is 0 Å². The van der Waals surface area contributed by atoms with Gasteiger partial charge in [0.25, 0.3) is 0 Å². The monoisotopic (exact) mass is 313 g/mol. The lowest BCUT2D eigenvalue weighted by Gasteiger charge is -2.28. The Balaban J connectivity index is 4.77. The van der Waals surface area contributed by atoms with Crippen molar-refractivity contribution in [2.24, 2.45) is 11.8 Å². The number of ether oxygens (including phenoxy) is 1. The molecule has 0 aromatic carbocycles. The highest BCUT2D eigenvalue weighted by Crippen LogP contribution is 2.23. The average Bonchev–Trinajstić information content (AvgIpc) is 2.37. The van der Waals surface area contributed by atoms with E-state index >= 15 is 0 Å². The molecule has 0 spiro atoms. The minimum Gasteiger partial charge on any atom is -0.480 e. The van der Waals surface area contributed by atoms with E-state index < -0.39 is 23.7 Å². The number of amides is 1. The van der Waals surface area contributed by atoms with Gasteiger partial charge in [-0.3, -0.25) is 0 Å². The smallest absolute Gasteiger partial charge is 0.408 e. The first-order valence-corrected chi connectivity index (χ1v) is 7.93. The summed E-state index contributed by atoms with van der Waals surface area (Å²) in [5.74, 6) is -0.760. The van der Waals surface area contributed by atoms with Crippen molar-refractivity contribution >= 4 is 12.1 Å². The molecule has 0 aromatic heterocycles. The van der Waals surface area contributed by atoms with Gasteiger partial charge < -0.3 is 15.2 Å². The second-order valence-electron chi connectivity index (χ2n) is 6.84. The molecule has 0 aliphatic heterocycles. The number of alkyl carbamates (subject to hydrolysis) is 1. The van der Waals surface area contributed by atoms with E-state index in [9.17, 15) is 14.7 Å². The van der Waals surface area contributed by atoms with Crippen molar-refractivity contribution < 1.29 is 19.4 Å². The van der Waals surface area contributed by atoms with Gasteiger partial charge >= 0.3 is 12.1 Å². The van der Waals surface area contributed by atoms with E-state index in [4.69, 9.17) is 4.74 Å². The Morgan fingerprint density at radius 2 is 1.95 bits per heavy atom. The van der Waals surface area contributed by atoms with E-state index in [-0.39, 0.29) is 5.92 Å². The summed E-state index contributed by atoms with van der Waals surface area (Å²) in [6.07, 6.45) is 4.50. The SMILES string of the molecule is C=CCCC(C)C[C@@H](CC)[C@H](NC(=O)OC(C)(C)C)C(=O)O. The van der Waals surface area contributed by atoms with E-state index in [0.717, 1.165) is 19.3 Å². The predicted molar refractivity (Wildman–Crippen MR) is 87.8 cm³/mol. The van der Waals surface area contributed by atoms with Crippen LogP contribution in [0.4, 0.5) is 4.79 Å². The van der Waals surface area contributed by atoms with E-state index in [2.05, 4.69) is 18.8 Å². The van der Waals surface area contributed by atoms with Crippen LogP contribution in [-0.2, 0) is 9.53 Å². The highest BCUT2D eigenvalue weighted by Gasteiger charge is 2.31. The van der Waals surface area contributed by atoms with Crippen LogP contribution >= 0.6 is 0 Å². The molecule has 0 aromatic rings. The van der Waals surface area contributed by atoms with Gasteiger partial charge in [-0.25, -0.2) is 9.59 Å². The first kappa shape index (κ1) is 20.5. The maximum Gasteiger partial charge on any atom is 0.408 e. The number of hydrogen-bond acceptors (Lipinski definition) is 3. The molecule has 0 saturated carbocycles. The zero-order chi connectivity index (χ0) is 17.3. The number of carboxylic acid groups (broad SMARTS) is 1. The molecule has 0 saturated heterocycles. The number of nitrogens with one attached hydrogen (secondary N) is 1. The quantitative estimate of drug-likeness (QED) is 0.631. The molecule has 128 valence electrons. The number of aliphatic carboxylic acids is 1. The van der Waals surface area contributed by atoms with Crippen LogP contribution in [0, 0.1) is 11.8 Å². The Kier molecular flexibility index (Phi) is 8.83. The Morgan fingerprint density at radius 3 is 2.36 bits per heavy atom. The number of hydrogen-bond donors (Lipinski definition) is 2. The number of carboxylic acids is 1. The number of carbonyl (C=O) groups is 2. The van der Waals surface area contributed by atoms with Crippen molar-refractivity contribution in [1.29, 1.82) is 0 Å². The van der Waals surface area contributed by atoms with Gasteiger partial charge in [-0.05, 0) is 51.9 Å². The molecule has 5 nitrogen and oxygen atoms in total. The van der Waals surface area contributed by atoms with Gasteiger partial charge in [-0.1, -0.05) is 26.3 Å². The molecule has 1 unspecified atom stereocenters. The molecule has 0 radical (unpaired) electrons. The van der Waals surface area contributed by atoms with Gasteiger partial charge in [0.2, 0.25) is 0 Å². The molecule has 5 heteroatoms. The zero-order valence-corrected chi connectivity index (χ0v) is 14.5. The molecule has 0 rings (SSSR count).